The number of carbonyl (C=O) groups is 1. The van der Waals surface area contributed by atoms with Gasteiger partial charge in [-0.25, -0.2) is 4.99 Å². The van der Waals surface area contributed by atoms with Crippen molar-refractivity contribution in [2.24, 2.45) is 4.99 Å². The van der Waals surface area contributed by atoms with Gasteiger partial charge in [0.05, 0.1) is 0 Å². The van der Waals surface area contributed by atoms with Crippen LogP contribution in [0.15, 0.2) is 16.6 Å². The summed E-state index contributed by atoms with van der Waals surface area (Å²) in [5.41, 5.74) is 0.814. The second kappa shape index (κ2) is 6.77. The highest BCUT2D eigenvalue weighted by Crippen LogP contribution is 2.08. The maximum absolute atomic E-state index is 11.1. The molecule has 1 amide bonds. The monoisotopic (exact) mass is 167 g/mol. The van der Waals surface area contributed by atoms with Gasteiger partial charge >= 0.3 is 0 Å². The summed E-state index contributed by atoms with van der Waals surface area (Å²) in [5, 5.41) is 0. The van der Waals surface area contributed by atoms with Crippen molar-refractivity contribution in [3.63, 3.8) is 0 Å². The predicted molar refractivity (Wildman–Crippen MR) is 52.5 cm³/mol. The molecule has 0 atom stereocenters. The number of amides is 1. The molecule has 0 saturated carbocycles. The molecule has 2 heteroatoms. The molecule has 0 heterocycles. The summed E-state index contributed by atoms with van der Waals surface area (Å²) < 4.78 is 0. The minimum absolute atomic E-state index is 0.162. The molecule has 12 heavy (non-hydrogen) atoms. The van der Waals surface area contributed by atoms with Crippen LogP contribution in [0.2, 0.25) is 0 Å². The standard InChI is InChI=1S/C10H17NO/c1-4-6-8-9(7-5-2)10(12)11-3/h8H,3-7H2,1-2H3/b9-8+. The number of aliphatic imine (C=N–C) groups is 1. The smallest absolute Gasteiger partial charge is 0.267 e. The molecule has 0 bridgehead atoms. The van der Waals surface area contributed by atoms with Crippen molar-refractivity contribution in [3.05, 3.63) is 11.6 Å². The molecule has 0 saturated heterocycles. The Labute approximate surface area is 74.4 Å². The van der Waals surface area contributed by atoms with Crippen molar-refractivity contribution in [2.45, 2.75) is 39.5 Å². The average molecular weight is 167 g/mol. The van der Waals surface area contributed by atoms with Gasteiger partial charge in [0.2, 0.25) is 0 Å². The van der Waals surface area contributed by atoms with Gasteiger partial charge in [-0.1, -0.05) is 32.8 Å². The second-order valence-electron chi connectivity index (χ2n) is 2.73. The third-order valence-electron chi connectivity index (χ3n) is 1.62. The molecule has 2 nitrogen and oxygen atoms in total. The molecule has 0 radical (unpaired) electrons. The van der Waals surface area contributed by atoms with Crippen LogP contribution in [0.25, 0.3) is 0 Å². The molecular formula is C10H17NO. The van der Waals surface area contributed by atoms with Crippen LogP contribution in [0.3, 0.4) is 0 Å². The van der Waals surface area contributed by atoms with E-state index < -0.39 is 0 Å². The van der Waals surface area contributed by atoms with Gasteiger partial charge in [-0.3, -0.25) is 4.79 Å². The third-order valence-corrected chi connectivity index (χ3v) is 1.62. The van der Waals surface area contributed by atoms with E-state index in [2.05, 4.69) is 25.6 Å². The lowest BCUT2D eigenvalue weighted by molar-refractivity contribution is -0.114. The Kier molecular flexibility index (Phi) is 6.25. The molecule has 0 N–H and O–H groups in total. The summed E-state index contributed by atoms with van der Waals surface area (Å²) in [7, 11) is 0. The SMILES string of the molecule is C=NC(=O)/C(=C/CCC)CCC. The van der Waals surface area contributed by atoms with E-state index in [1.165, 1.54) is 0 Å². The van der Waals surface area contributed by atoms with E-state index in [4.69, 9.17) is 0 Å². The van der Waals surface area contributed by atoms with Crippen LogP contribution in [0.4, 0.5) is 0 Å². The van der Waals surface area contributed by atoms with Crippen molar-refractivity contribution >= 4 is 12.6 Å². The molecule has 0 aliphatic heterocycles. The first-order valence-corrected chi connectivity index (χ1v) is 4.46. The minimum atomic E-state index is -0.162. The maximum atomic E-state index is 11.1. The summed E-state index contributed by atoms with van der Waals surface area (Å²) in [4.78, 5) is 14.5. The molecule has 0 aromatic rings. The van der Waals surface area contributed by atoms with Crippen LogP contribution in [0.1, 0.15) is 39.5 Å². The van der Waals surface area contributed by atoms with Crippen LogP contribution in [0, 0.1) is 0 Å². The fraction of sp³-hybridized carbons (Fsp3) is 0.600. The Morgan fingerprint density at radius 2 is 2.08 bits per heavy atom. The highest BCUT2D eigenvalue weighted by molar-refractivity contribution is 5.96. The van der Waals surface area contributed by atoms with Crippen LogP contribution >= 0.6 is 0 Å². The highest BCUT2D eigenvalue weighted by Gasteiger charge is 2.03. The summed E-state index contributed by atoms with van der Waals surface area (Å²) in [5.74, 6) is -0.162. The van der Waals surface area contributed by atoms with Gasteiger partial charge in [-0.15, -0.1) is 0 Å². The summed E-state index contributed by atoms with van der Waals surface area (Å²) >= 11 is 0. The van der Waals surface area contributed by atoms with Gasteiger partial charge in [-0.2, -0.15) is 0 Å². The lowest BCUT2D eigenvalue weighted by Gasteiger charge is -1.99. The molecule has 0 unspecified atom stereocenters. The van der Waals surface area contributed by atoms with E-state index in [9.17, 15) is 4.79 Å². The van der Waals surface area contributed by atoms with Crippen LogP contribution in [0.5, 0.6) is 0 Å². The molecule has 0 rings (SSSR count). The Hall–Kier alpha value is -0.920. The van der Waals surface area contributed by atoms with Crippen molar-refractivity contribution in [1.29, 1.82) is 0 Å². The summed E-state index contributed by atoms with van der Waals surface area (Å²) in [6, 6.07) is 0. The van der Waals surface area contributed by atoms with Gasteiger partial charge in [0.25, 0.3) is 5.91 Å². The molecule has 0 aliphatic carbocycles. The van der Waals surface area contributed by atoms with Gasteiger partial charge in [0.15, 0.2) is 0 Å². The van der Waals surface area contributed by atoms with E-state index in [0.717, 1.165) is 31.3 Å². The van der Waals surface area contributed by atoms with Gasteiger partial charge in [0.1, 0.15) is 0 Å². The molecule has 0 aliphatic rings. The number of hydrogen-bond acceptors (Lipinski definition) is 1. The topological polar surface area (TPSA) is 29.4 Å². The third kappa shape index (κ3) is 4.06. The number of carbonyl (C=O) groups excluding carboxylic acids is 1. The lowest BCUT2D eigenvalue weighted by atomic mass is 10.1. The molecule has 68 valence electrons. The fourth-order valence-corrected chi connectivity index (χ4v) is 0.986. The van der Waals surface area contributed by atoms with E-state index in [1.54, 1.807) is 0 Å². The van der Waals surface area contributed by atoms with Crippen LogP contribution < -0.4 is 0 Å². The molecule has 0 spiro atoms. The van der Waals surface area contributed by atoms with E-state index in [1.807, 2.05) is 6.08 Å². The normalized spacial score (nSPS) is 11.3. The lowest BCUT2D eigenvalue weighted by Crippen LogP contribution is -1.97. The minimum Gasteiger partial charge on any atom is -0.267 e. The van der Waals surface area contributed by atoms with Crippen molar-refractivity contribution in [2.75, 3.05) is 0 Å². The number of unbranched alkanes of at least 4 members (excludes halogenated alkanes) is 1. The molecule has 0 aromatic carbocycles. The Morgan fingerprint density at radius 1 is 1.42 bits per heavy atom. The zero-order valence-electron chi connectivity index (χ0n) is 7.97. The molecule has 0 fully saturated rings. The first-order valence-electron chi connectivity index (χ1n) is 4.46. The van der Waals surface area contributed by atoms with Crippen molar-refractivity contribution < 1.29 is 4.79 Å². The average Bonchev–Trinajstić information content (AvgIpc) is 2.11. The van der Waals surface area contributed by atoms with Crippen LogP contribution in [-0.4, -0.2) is 12.6 Å². The zero-order valence-corrected chi connectivity index (χ0v) is 7.97. The van der Waals surface area contributed by atoms with E-state index >= 15 is 0 Å². The quantitative estimate of drug-likeness (QED) is 0.457. The van der Waals surface area contributed by atoms with Crippen molar-refractivity contribution in [1.82, 2.24) is 0 Å². The number of allylic oxidation sites excluding steroid dienone is 1. The highest BCUT2D eigenvalue weighted by atomic mass is 16.1. The van der Waals surface area contributed by atoms with Crippen molar-refractivity contribution in [3.8, 4) is 0 Å². The van der Waals surface area contributed by atoms with Gasteiger partial charge in [0, 0.05) is 5.57 Å². The Bertz CT molecular complexity index is 182. The Morgan fingerprint density at radius 3 is 2.50 bits per heavy atom. The summed E-state index contributed by atoms with van der Waals surface area (Å²) in [6.07, 6.45) is 5.80. The number of nitrogens with zero attached hydrogens (tertiary/aromatic N) is 1. The first-order chi connectivity index (χ1) is 5.76. The van der Waals surface area contributed by atoms with Crippen LogP contribution in [-0.2, 0) is 4.79 Å². The largest absolute Gasteiger partial charge is 0.271 e. The summed E-state index contributed by atoms with van der Waals surface area (Å²) in [6.45, 7) is 7.37. The zero-order chi connectivity index (χ0) is 9.40. The fourth-order valence-electron chi connectivity index (χ4n) is 0.986. The number of hydrogen-bond donors (Lipinski definition) is 0. The first kappa shape index (κ1) is 11.1. The molecule has 0 aromatic heterocycles. The predicted octanol–water partition coefficient (Wildman–Crippen LogP) is 2.74. The maximum Gasteiger partial charge on any atom is 0.271 e. The van der Waals surface area contributed by atoms with E-state index in [0.29, 0.717) is 0 Å². The van der Waals surface area contributed by atoms with Gasteiger partial charge in [-0.05, 0) is 19.6 Å². The Balaban J connectivity index is 4.20. The van der Waals surface area contributed by atoms with E-state index in [-0.39, 0.29) is 5.91 Å². The molecular weight excluding hydrogens is 150 g/mol. The van der Waals surface area contributed by atoms with Gasteiger partial charge < -0.3 is 0 Å². The second-order valence-corrected chi connectivity index (χ2v) is 2.73. The number of rotatable bonds is 5.